The van der Waals surface area contributed by atoms with Crippen LogP contribution in [0.3, 0.4) is 0 Å². The Morgan fingerprint density at radius 1 is 0.929 bits per heavy atom. The van der Waals surface area contributed by atoms with Gasteiger partial charge in [0, 0.05) is 31.1 Å². The molecule has 1 heterocycles. The lowest BCUT2D eigenvalue weighted by Gasteiger charge is -2.28. The number of benzene rings is 1. The number of nitrogen functional groups attached to an aromatic ring is 1. The summed E-state index contributed by atoms with van der Waals surface area (Å²) in [5, 5.41) is 10.9. The van der Waals surface area contributed by atoms with Crippen LogP contribution in [0.2, 0.25) is 0 Å². The van der Waals surface area contributed by atoms with Crippen molar-refractivity contribution in [1.29, 1.82) is 0 Å². The number of Topliss-reactive ketones (excluding diaryl/α,β-unsaturated/α-hetero) is 2. The van der Waals surface area contributed by atoms with Gasteiger partial charge in [-0.1, -0.05) is 38.1 Å². The SMILES string of the molecule is CC(C)C(C1=C(O)c2ccccc2C(=O)C1=O)c1c(N)n(C)c(=O)n(C)c1=O. The van der Waals surface area contributed by atoms with Crippen molar-refractivity contribution in [1.82, 2.24) is 9.13 Å². The number of hydrogen-bond donors (Lipinski definition) is 2. The quantitative estimate of drug-likeness (QED) is 0.766. The van der Waals surface area contributed by atoms with Crippen molar-refractivity contribution in [3.63, 3.8) is 0 Å². The van der Waals surface area contributed by atoms with Gasteiger partial charge in [0.15, 0.2) is 0 Å². The van der Waals surface area contributed by atoms with E-state index in [0.717, 1.165) is 9.13 Å². The number of hydrogen-bond acceptors (Lipinski definition) is 6. The third-order valence-corrected chi connectivity index (χ3v) is 5.17. The molecule has 146 valence electrons. The second-order valence-corrected chi connectivity index (χ2v) is 7.19. The van der Waals surface area contributed by atoms with Crippen molar-refractivity contribution in [2.45, 2.75) is 19.8 Å². The molecule has 1 unspecified atom stereocenters. The van der Waals surface area contributed by atoms with Crippen molar-refractivity contribution in [2.75, 3.05) is 5.73 Å². The minimum absolute atomic E-state index is 0.00156. The van der Waals surface area contributed by atoms with E-state index in [-0.39, 0.29) is 39.8 Å². The topological polar surface area (TPSA) is 124 Å². The van der Waals surface area contributed by atoms with Crippen molar-refractivity contribution in [3.8, 4) is 0 Å². The minimum Gasteiger partial charge on any atom is -0.507 e. The van der Waals surface area contributed by atoms with E-state index in [1.807, 2.05) is 0 Å². The highest BCUT2D eigenvalue weighted by atomic mass is 16.3. The maximum atomic E-state index is 12.9. The van der Waals surface area contributed by atoms with Crippen LogP contribution in [0.25, 0.3) is 5.76 Å². The second-order valence-electron chi connectivity index (χ2n) is 7.19. The van der Waals surface area contributed by atoms with Crippen LogP contribution in [-0.2, 0) is 18.9 Å². The lowest BCUT2D eigenvalue weighted by molar-refractivity contribution is -0.112. The van der Waals surface area contributed by atoms with Gasteiger partial charge in [-0.3, -0.25) is 23.5 Å². The number of allylic oxidation sites excluding steroid dienone is 1. The summed E-state index contributed by atoms with van der Waals surface area (Å²) in [6.45, 7) is 3.49. The molecule has 0 spiro atoms. The summed E-state index contributed by atoms with van der Waals surface area (Å²) < 4.78 is 1.99. The Bertz CT molecular complexity index is 1170. The first-order valence-electron chi connectivity index (χ1n) is 8.76. The van der Waals surface area contributed by atoms with Crippen LogP contribution in [0, 0.1) is 5.92 Å². The Morgan fingerprint density at radius 3 is 2.07 bits per heavy atom. The monoisotopic (exact) mass is 383 g/mol. The summed E-state index contributed by atoms with van der Waals surface area (Å²) in [5.74, 6) is -3.43. The lowest BCUT2D eigenvalue weighted by atomic mass is 9.75. The number of rotatable bonds is 3. The van der Waals surface area contributed by atoms with Crippen molar-refractivity contribution < 1.29 is 14.7 Å². The number of nitrogens with zero attached hydrogens (tertiary/aromatic N) is 2. The molecule has 0 bridgehead atoms. The van der Waals surface area contributed by atoms with Gasteiger partial charge in [-0.2, -0.15) is 0 Å². The van der Waals surface area contributed by atoms with Crippen LogP contribution in [0.15, 0.2) is 39.4 Å². The maximum Gasteiger partial charge on any atom is 0.332 e. The number of aromatic nitrogens is 2. The van der Waals surface area contributed by atoms with Crippen LogP contribution >= 0.6 is 0 Å². The van der Waals surface area contributed by atoms with Crippen molar-refractivity contribution in [2.24, 2.45) is 20.0 Å². The molecule has 0 aliphatic heterocycles. The van der Waals surface area contributed by atoms with E-state index in [4.69, 9.17) is 5.73 Å². The average molecular weight is 383 g/mol. The molecule has 1 atom stereocenters. The number of carbonyl (C=O) groups excluding carboxylic acids is 2. The number of nitrogens with two attached hydrogens (primary N) is 1. The van der Waals surface area contributed by atoms with E-state index in [1.54, 1.807) is 26.0 Å². The standard InChI is InChI=1S/C20H21N3O5/c1-9(2)12(14-18(21)22(3)20(28)23(4)19(14)27)13-15(24)10-7-5-6-8-11(10)16(25)17(13)26/h5-9,12,24H,21H2,1-4H3. The highest BCUT2D eigenvalue weighted by Gasteiger charge is 2.40. The normalized spacial score (nSPS) is 15.2. The van der Waals surface area contributed by atoms with Crippen LogP contribution < -0.4 is 17.0 Å². The fourth-order valence-corrected chi connectivity index (χ4v) is 3.66. The number of anilines is 1. The molecule has 1 aliphatic rings. The number of carbonyl (C=O) groups is 2. The fraction of sp³-hybridized carbons (Fsp3) is 0.300. The fourth-order valence-electron chi connectivity index (χ4n) is 3.66. The van der Waals surface area contributed by atoms with Crippen LogP contribution in [-0.4, -0.2) is 25.8 Å². The van der Waals surface area contributed by atoms with E-state index in [1.165, 1.54) is 26.2 Å². The van der Waals surface area contributed by atoms with Gasteiger partial charge in [-0.25, -0.2) is 4.79 Å². The van der Waals surface area contributed by atoms with Gasteiger partial charge in [-0.05, 0) is 5.92 Å². The first-order valence-corrected chi connectivity index (χ1v) is 8.76. The molecule has 0 fully saturated rings. The molecule has 3 rings (SSSR count). The Labute approximate surface area is 160 Å². The van der Waals surface area contributed by atoms with E-state index >= 15 is 0 Å². The molecule has 28 heavy (non-hydrogen) atoms. The average Bonchev–Trinajstić information content (AvgIpc) is 2.67. The van der Waals surface area contributed by atoms with Gasteiger partial charge < -0.3 is 10.8 Å². The summed E-state index contributed by atoms with van der Waals surface area (Å²) >= 11 is 0. The predicted molar refractivity (Wildman–Crippen MR) is 104 cm³/mol. The molecular formula is C20H21N3O5. The molecule has 1 aromatic heterocycles. The molecule has 0 saturated heterocycles. The van der Waals surface area contributed by atoms with E-state index < -0.39 is 28.7 Å². The van der Waals surface area contributed by atoms with Crippen LogP contribution in [0.1, 0.15) is 41.3 Å². The molecule has 1 aliphatic carbocycles. The predicted octanol–water partition coefficient (Wildman–Crippen LogP) is 1.14. The first kappa shape index (κ1) is 19.3. The molecule has 8 heteroatoms. The summed E-state index contributed by atoms with van der Waals surface area (Å²) in [5.41, 5.74) is 4.95. The van der Waals surface area contributed by atoms with E-state index in [2.05, 4.69) is 0 Å². The molecule has 0 saturated carbocycles. The molecule has 0 amide bonds. The number of aliphatic hydroxyl groups excluding tert-OH is 1. The van der Waals surface area contributed by atoms with E-state index in [9.17, 15) is 24.3 Å². The third-order valence-electron chi connectivity index (χ3n) is 5.17. The van der Waals surface area contributed by atoms with Gasteiger partial charge in [-0.15, -0.1) is 0 Å². The zero-order chi connectivity index (χ0) is 20.9. The number of ketones is 2. The molecule has 8 nitrogen and oxygen atoms in total. The minimum atomic E-state index is -0.963. The maximum absolute atomic E-state index is 12.9. The zero-order valence-electron chi connectivity index (χ0n) is 16.0. The lowest BCUT2D eigenvalue weighted by Crippen LogP contribution is -2.42. The molecule has 0 radical (unpaired) electrons. The Hall–Kier alpha value is -3.42. The van der Waals surface area contributed by atoms with Gasteiger partial charge in [0.1, 0.15) is 11.6 Å². The molecule has 2 aromatic rings. The summed E-state index contributed by atoms with van der Waals surface area (Å²) in [7, 11) is 2.72. The van der Waals surface area contributed by atoms with E-state index in [0.29, 0.717) is 0 Å². The zero-order valence-corrected chi connectivity index (χ0v) is 16.0. The summed E-state index contributed by atoms with van der Waals surface area (Å²) in [6.07, 6.45) is 0. The molecular weight excluding hydrogens is 362 g/mol. The third kappa shape index (κ3) is 2.60. The van der Waals surface area contributed by atoms with Gasteiger partial charge >= 0.3 is 5.69 Å². The van der Waals surface area contributed by atoms with Gasteiger partial charge in [0.25, 0.3) is 5.56 Å². The van der Waals surface area contributed by atoms with Gasteiger partial charge in [0.05, 0.1) is 11.1 Å². The highest BCUT2D eigenvalue weighted by molar-refractivity contribution is 6.52. The Morgan fingerprint density at radius 2 is 1.50 bits per heavy atom. The second kappa shape index (κ2) is 6.63. The Balaban J connectivity index is 2.41. The summed E-state index contributed by atoms with van der Waals surface area (Å²) in [6, 6.07) is 6.24. The van der Waals surface area contributed by atoms with Crippen LogP contribution in [0.4, 0.5) is 5.82 Å². The largest absolute Gasteiger partial charge is 0.507 e. The van der Waals surface area contributed by atoms with Crippen molar-refractivity contribution >= 4 is 23.1 Å². The number of fused-ring (bicyclic) bond motifs is 1. The smallest absolute Gasteiger partial charge is 0.332 e. The number of aliphatic hydroxyl groups is 1. The van der Waals surface area contributed by atoms with Crippen molar-refractivity contribution in [3.05, 3.63) is 67.4 Å². The highest BCUT2D eigenvalue weighted by Crippen LogP contribution is 2.40. The first-order chi connectivity index (χ1) is 13.1. The van der Waals surface area contributed by atoms with Gasteiger partial charge in [0.2, 0.25) is 11.6 Å². The molecule has 1 aromatic carbocycles. The van der Waals surface area contributed by atoms with Crippen LogP contribution in [0.5, 0.6) is 0 Å². The Kier molecular flexibility index (Phi) is 4.58. The summed E-state index contributed by atoms with van der Waals surface area (Å²) in [4.78, 5) is 50.5. The molecule has 3 N–H and O–H groups in total.